The molecule has 0 aliphatic carbocycles. The van der Waals surface area contributed by atoms with Gasteiger partial charge in [-0.25, -0.2) is 15.0 Å². The zero-order valence-electron chi connectivity index (χ0n) is 14.9. The molecule has 0 bridgehead atoms. The molecule has 2 aromatic heterocycles. The second-order valence-corrected chi connectivity index (χ2v) is 6.71. The maximum Gasteiger partial charge on any atom is 0.219 e. The number of nitrogens with zero attached hydrogens (tertiary/aromatic N) is 5. The van der Waals surface area contributed by atoms with Gasteiger partial charge in [-0.15, -0.1) is 0 Å². The largest absolute Gasteiger partial charge is 0.343 e. The van der Waals surface area contributed by atoms with Crippen LogP contribution in [0.2, 0.25) is 0 Å². The average Bonchev–Trinajstić information content (AvgIpc) is 2.87. The van der Waals surface area contributed by atoms with E-state index in [2.05, 4.69) is 14.5 Å². The Kier molecular flexibility index (Phi) is 4.64. The number of hydrogen-bond donors (Lipinski definition) is 0. The van der Waals surface area contributed by atoms with Gasteiger partial charge in [-0.2, -0.15) is 0 Å². The van der Waals surface area contributed by atoms with Gasteiger partial charge in [-0.1, -0.05) is 0 Å². The van der Waals surface area contributed by atoms with Crippen LogP contribution >= 0.6 is 0 Å². The molecule has 1 aliphatic heterocycles. The van der Waals surface area contributed by atoms with Gasteiger partial charge >= 0.3 is 0 Å². The number of imidazole rings is 1. The van der Waals surface area contributed by atoms with Crippen molar-refractivity contribution in [3.05, 3.63) is 29.6 Å². The van der Waals surface area contributed by atoms with Crippen LogP contribution in [0.25, 0.3) is 11.4 Å². The molecule has 2 aromatic rings. The van der Waals surface area contributed by atoms with Gasteiger partial charge in [0, 0.05) is 39.2 Å². The predicted molar refractivity (Wildman–Crippen MR) is 92.4 cm³/mol. The molecule has 3 rings (SSSR count). The summed E-state index contributed by atoms with van der Waals surface area (Å²) in [7, 11) is 2.01. The minimum atomic E-state index is 0.175. The van der Waals surface area contributed by atoms with E-state index in [-0.39, 0.29) is 5.91 Å². The molecule has 1 fully saturated rings. The fraction of sp³-hybridized carbons (Fsp3) is 0.556. The van der Waals surface area contributed by atoms with Crippen molar-refractivity contribution in [2.45, 2.75) is 40.0 Å². The minimum absolute atomic E-state index is 0.175. The molecule has 24 heavy (non-hydrogen) atoms. The van der Waals surface area contributed by atoms with Gasteiger partial charge in [-0.05, 0) is 38.7 Å². The van der Waals surface area contributed by atoms with Crippen molar-refractivity contribution < 1.29 is 4.79 Å². The lowest BCUT2D eigenvalue weighted by molar-refractivity contribution is -0.130. The van der Waals surface area contributed by atoms with Crippen LogP contribution in [-0.4, -0.2) is 43.4 Å². The monoisotopic (exact) mass is 327 g/mol. The molecule has 0 spiro atoms. The highest BCUT2D eigenvalue weighted by Gasteiger charge is 2.22. The van der Waals surface area contributed by atoms with Gasteiger partial charge < -0.3 is 9.47 Å². The van der Waals surface area contributed by atoms with Crippen LogP contribution in [-0.2, 0) is 18.3 Å². The third-order valence-electron chi connectivity index (χ3n) is 4.91. The van der Waals surface area contributed by atoms with E-state index in [0.717, 1.165) is 61.1 Å². The second-order valence-electron chi connectivity index (χ2n) is 6.71. The highest BCUT2D eigenvalue weighted by atomic mass is 16.2. The van der Waals surface area contributed by atoms with Crippen molar-refractivity contribution in [1.82, 2.24) is 24.4 Å². The van der Waals surface area contributed by atoms with Gasteiger partial charge in [0.05, 0.1) is 17.6 Å². The summed E-state index contributed by atoms with van der Waals surface area (Å²) in [5, 5.41) is 0. The standard InChI is InChI=1S/C18H25N5O/c1-12-9-16(17-11-19-13(2)22(17)4)21-18(20-12)10-15-5-7-23(8-6-15)14(3)24/h9,11,15H,5-8,10H2,1-4H3. The van der Waals surface area contributed by atoms with Gasteiger partial charge in [0.2, 0.25) is 5.91 Å². The number of rotatable bonds is 3. The SMILES string of the molecule is CC(=O)N1CCC(Cc2nc(C)cc(-c3cnc(C)n3C)n2)CC1. The van der Waals surface area contributed by atoms with E-state index in [1.807, 2.05) is 38.1 Å². The van der Waals surface area contributed by atoms with Crippen molar-refractivity contribution in [3.63, 3.8) is 0 Å². The van der Waals surface area contributed by atoms with Gasteiger partial charge in [0.1, 0.15) is 11.6 Å². The number of hydrogen-bond acceptors (Lipinski definition) is 4. The number of amides is 1. The Hall–Kier alpha value is -2.24. The lowest BCUT2D eigenvalue weighted by Gasteiger charge is -2.31. The van der Waals surface area contributed by atoms with Crippen LogP contribution in [0.4, 0.5) is 0 Å². The Morgan fingerprint density at radius 2 is 1.96 bits per heavy atom. The van der Waals surface area contributed by atoms with Crippen molar-refractivity contribution in [2.75, 3.05) is 13.1 Å². The molecule has 0 unspecified atom stereocenters. The Labute approximate surface area is 142 Å². The fourth-order valence-corrected chi connectivity index (χ4v) is 3.30. The number of aromatic nitrogens is 4. The van der Waals surface area contributed by atoms with Crippen molar-refractivity contribution in [1.29, 1.82) is 0 Å². The molecule has 6 heteroatoms. The zero-order chi connectivity index (χ0) is 17.3. The lowest BCUT2D eigenvalue weighted by Crippen LogP contribution is -2.37. The molecule has 0 saturated carbocycles. The third kappa shape index (κ3) is 3.47. The second kappa shape index (κ2) is 6.71. The topological polar surface area (TPSA) is 63.9 Å². The number of carbonyl (C=O) groups is 1. The quantitative estimate of drug-likeness (QED) is 0.868. The first kappa shape index (κ1) is 16.6. The van der Waals surface area contributed by atoms with E-state index >= 15 is 0 Å². The van der Waals surface area contributed by atoms with Crippen LogP contribution < -0.4 is 0 Å². The average molecular weight is 327 g/mol. The van der Waals surface area contributed by atoms with E-state index in [0.29, 0.717) is 5.92 Å². The molecule has 3 heterocycles. The van der Waals surface area contributed by atoms with Gasteiger partial charge in [0.15, 0.2) is 0 Å². The van der Waals surface area contributed by atoms with Crippen molar-refractivity contribution in [2.24, 2.45) is 13.0 Å². The van der Waals surface area contributed by atoms with E-state index < -0.39 is 0 Å². The molecule has 0 N–H and O–H groups in total. The summed E-state index contributed by atoms with van der Waals surface area (Å²) in [6, 6.07) is 2.01. The van der Waals surface area contributed by atoms with E-state index in [9.17, 15) is 4.79 Å². The summed E-state index contributed by atoms with van der Waals surface area (Å²) in [5.74, 6) is 2.59. The van der Waals surface area contributed by atoms with E-state index in [1.54, 1.807) is 6.92 Å². The maximum atomic E-state index is 11.4. The molecule has 6 nitrogen and oxygen atoms in total. The summed E-state index contributed by atoms with van der Waals surface area (Å²) in [6.45, 7) is 7.34. The Morgan fingerprint density at radius 1 is 1.25 bits per heavy atom. The summed E-state index contributed by atoms with van der Waals surface area (Å²) < 4.78 is 2.05. The van der Waals surface area contributed by atoms with Gasteiger partial charge in [0.25, 0.3) is 0 Å². The molecule has 1 saturated heterocycles. The predicted octanol–water partition coefficient (Wildman–Crippen LogP) is 2.29. The van der Waals surface area contributed by atoms with Crippen LogP contribution in [0.5, 0.6) is 0 Å². The summed E-state index contributed by atoms with van der Waals surface area (Å²) >= 11 is 0. The number of piperidine rings is 1. The minimum Gasteiger partial charge on any atom is -0.343 e. The Morgan fingerprint density at radius 3 is 2.54 bits per heavy atom. The first-order valence-corrected chi connectivity index (χ1v) is 8.53. The molecule has 0 radical (unpaired) electrons. The first-order chi connectivity index (χ1) is 11.4. The summed E-state index contributed by atoms with van der Waals surface area (Å²) in [5.41, 5.74) is 2.93. The molecule has 1 amide bonds. The fourth-order valence-electron chi connectivity index (χ4n) is 3.30. The first-order valence-electron chi connectivity index (χ1n) is 8.53. The zero-order valence-corrected chi connectivity index (χ0v) is 14.9. The molecule has 0 aromatic carbocycles. The molecule has 1 aliphatic rings. The smallest absolute Gasteiger partial charge is 0.219 e. The maximum absolute atomic E-state index is 11.4. The van der Waals surface area contributed by atoms with Crippen molar-refractivity contribution in [3.8, 4) is 11.4 Å². The number of aryl methyl sites for hydroxylation is 2. The lowest BCUT2D eigenvalue weighted by atomic mass is 9.93. The Balaban J connectivity index is 1.75. The molecular weight excluding hydrogens is 302 g/mol. The number of likely N-dealkylation sites (tertiary alicyclic amines) is 1. The van der Waals surface area contributed by atoms with Crippen LogP contribution in [0.15, 0.2) is 12.3 Å². The van der Waals surface area contributed by atoms with Gasteiger partial charge in [-0.3, -0.25) is 4.79 Å². The van der Waals surface area contributed by atoms with Crippen LogP contribution in [0, 0.1) is 19.8 Å². The van der Waals surface area contributed by atoms with Crippen molar-refractivity contribution >= 4 is 5.91 Å². The van der Waals surface area contributed by atoms with Crippen LogP contribution in [0.3, 0.4) is 0 Å². The van der Waals surface area contributed by atoms with Crippen LogP contribution in [0.1, 0.15) is 37.1 Å². The summed E-state index contributed by atoms with van der Waals surface area (Å²) in [4.78, 5) is 27.1. The third-order valence-corrected chi connectivity index (χ3v) is 4.91. The molecule has 128 valence electrons. The van der Waals surface area contributed by atoms with E-state index in [1.165, 1.54) is 0 Å². The highest BCUT2D eigenvalue weighted by Crippen LogP contribution is 2.23. The molecular formula is C18H25N5O. The Bertz CT molecular complexity index is 744. The highest BCUT2D eigenvalue weighted by molar-refractivity contribution is 5.73. The van der Waals surface area contributed by atoms with E-state index in [4.69, 9.17) is 4.98 Å². The summed E-state index contributed by atoms with van der Waals surface area (Å²) in [6.07, 6.45) is 4.79. The number of carbonyl (C=O) groups excluding carboxylic acids is 1. The molecule has 0 atom stereocenters. The normalized spacial score (nSPS) is 15.8.